The van der Waals surface area contributed by atoms with Crippen molar-refractivity contribution in [1.82, 2.24) is 10.6 Å². The minimum atomic E-state index is -0.0550. The number of para-hydroxylation sites is 1. The molecule has 1 aliphatic rings. The van der Waals surface area contributed by atoms with Crippen molar-refractivity contribution in [2.24, 2.45) is 5.92 Å². The van der Waals surface area contributed by atoms with E-state index in [1.165, 1.54) is 0 Å². The molecule has 1 aliphatic heterocycles. The van der Waals surface area contributed by atoms with E-state index in [4.69, 9.17) is 4.74 Å². The minimum Gasteiger partial charge on any atom is -0.483 e. The summed E-state index contributed by atoms with van der Waals surface area (Å²) in [7, 11) is 0. The molecule has 1 amide bonds. The van der Waals surface area contributed by atoms with Crippen LogP contribution in [0.25, 0.3) is 0 Å². The molecule has 1 heterocycles. The summed E-state index contributed by atoms with van der Waals surface area (Å²) in [6.45, 7) is 9.21. The van der Waals surface area contributed by atoms with Gasteiger partial charge in [0.05, 0.1) is 0 Å². The fourth-order valence-corrected chi connectivity index (χ4v) is 2.16. The molecule has 4 nitrogen and oxygen atoms in total. The summed E-state index contributed by atoms with van der Waals surface area (Å²) in [4.78, 5) is 11.8. The average Bonchev–Trinajstić information content (AvgIpc) is 2.34. The van der Waals surface area contributed by atoms with Crippen LogP contribution in [0.5, 0.6) is 5.75 Å². The van der Waals surface area contributed by atoms with E-state index in [1.54, 1.807) is 0 Å². The second-order valence-electron chi connectivity index (χ2n) is 6.36. The van der Waals surface area contributed by atoms with Crippen LogP contribution in [0.1, 0.15) is 26.3 Å². The third-order valence-corrected chi connectivity index (χ3v) is 3.51. The van der Waals surface area contributed by atoms with E-state index < -0.39 is 0 Å². The van der Waals surface area contributed by atoms with Crippen molar-refractivity contribution in [3.63, 3.8) is 0 Å². The molecular formula is C16H24N2O2. The van der Waals surface area contributed by atoms with Gasteiger partial charge in [-0.15, -0.1) is 0 Å². The summed E-state index contributed by atoms with van der Waals surface area (Å²) in [6.07, 6.45) is 0. The molecule has 110 valence electrons. The van der Waals surface area contributed by atoms with Crippen LogP contribution in [0.4, 0.5) is 0 Å². The van der Waals surface area contributed by atoms with Crippen LogP contribution in [-0.2, 0) is 10.2 Å². The van der Waals surface area contributed by atoms with Crippen molar-refractivity contribution in [2.75, 3.05) is 26.2 Å². The first-order valence-corrected chi connectivity index (χ1v) is 7.16. The SMILES string of the molecule is CC(C)(C)c1ccccc1OCC(=O)NCC1CNC1. The molecule has 1 aromatic carbocycles. The largest absolute Gasteiger partial charge is 0.483 e. The maximum absolute atomic E-state index is 11.8. The monoisotopic (exact) mass is 276 g/mol. The standard InChI is InChI=1S/C16H24N2O2/c1-16(2,3)13-6-4-5-7-14(13)20-11-15(19)18-10-12-8-17-9-12/h4-7,12,17H,8-11H2,1-3H3,(H,18,19). The molecule has 0 spiro atoms. The van der Waals surface area contributed by atoms with Crippen LogP contribution in [0, 0.1) is 5.92 Å². The Hall–Kier alpha value is -1.55. The minimum absolute atomic E-state index is 0.00463. The van der Waals surface area contributed by atoms with Gasteiger partial charge >= 0.3 is 0 Å². The van der Waals surface area contributed by atoms with Crippen molar-refractivity contribution >= 4 is 5.91 Å². The lowest BCUT2D eigenvalue weighted by Gasteiger charge is -2.27. The maximum atomic E-state index is 11.8. The lowest BCUT2D eigenvalue weighted by atomic mass is 9.86. The predicted molar refractivity (Wildman–Crippen MR) is 80.0 cm³/mol. The van der Waals surface area contributed by atoms with Crippen LogP contribution < -0.4 is 15.4 Å². The van der Waals surface area contributed by atoms with Crippen LogP contribution >= 0.6 is 0 Å². The number of benzene rings is 1. The van der Waals surface area contributed by atoms with E-state index >= 15 is 0 Å². The molecule has 2 N–H and O–H groups in total. The molecule has 0 aliphatic carbocycles. The highest BCUT2D eigenvalue weighted by atomic mass is 16.5. The Balaban J connectivity index is 1.85. The number of hydrogen-bond acceptors (Lipinski definition) is 3. The highest BCUT2D eigenvalue weighted by Crippen LogP contribution is 2.30. The van der Waals surface area contributed by atoms with Crippen molar-refractivity contribution < 1.29 is 9.53 Å². The van der Waals surface area contributed by atoms with Gasteiger partial charge in [-0.05, 0) is 17.0 Å². The molecule has 1 saturated heterocycles. The summed E-state index contributed by atoms with van der Waals surface area (Å²) >= 11 is 0. The third kappa shape index (κ3) is 3.97. The van der Waals surface area contributed by atoms with Crippen LogP contribution in [0.15, 0.2) is 24.3 Å². The molecule has 2 rings (SSSR count). The van der Waals surface area contributed by atoms with Gasteiger partial charge in [0.1, 0.15) is 5.75 Å². The van der Waals surface area contributed by atoms with Crippen molar-refractivity contribution in [3.8, 4) is 5.75 Å². The highest BCUT2D eigenvalue weighted by Gasteiger charge is 2.20. The Morgan fingerprint density at radius 3 is 2.65 bits per heavy atom. The summed E-state index contributed by atoms with van der Waals surface area (Å²) in [5.74, 6) is 1.31. The number of carbonyl (C=O) groups excluding carboxylic acids is 1. The molecule has 1 aromatic rings. The number of nitrogens with one attached hydrogen (secondary N) is 2. The van der Waals surface area contributed by atoms with E-state index in [1.807, 2.05) is 24.3 Å². The molecule has 0 aromatic heterocycles. The molecule has 20 heavy (non-hydrogen) atoms. The van der Waals surface area contributed by atoms with Gasteiger partial charge in [0.2, 0.25) is 0 Å². The van der Waals surface area contributed by atoms with Gasteiger partial charge in [-0.3, -0.25) is 4.79 Å². The van der Waals surface area contributed by atoms with Gasteiger partial charge in [-0.25, -0.2) is 0 Å². The smallest absolute Gasteiger partial charge is 0.257 e. The Kier molecular flexibility index (Phi) is 4.65. The lowest BCUT2D eigenvalue weighted by Crippen LogP contribution is -2.48. The van der Waals surface area contributed by atoms with E-state index in [0.29, 0.717) is 5.92 Å². The van der Waals surface area contributed by atoms with E-state index in [9.17, 15) is 4.79 Å². The summed E-state index contributed by atoms with van der Waals surface area (Å²) < 4.78 is 5.68. The number of rotatable bonds is 5. The van der Waals surface area contributed by atoms with E-state index in [0.717, 1.165) is 30.9 Å². The maximum Gasteiger partial charge on any atom is 0.257 e. The first-order chi connectivity index (χ1) is 9.47. The highest BCUT2D eigenvalue weighted by molar-refractivity contribution is 5.77. The van der Waals surface area contributed by atoms with Gasteiger partial charge in [-0.1, -0.05) is 39.0 Å². The second kappa shape index (κ2) is 6.27. The fourth-order valence-electron chi connectivity index (χ4n) is 2.16. The summed E-state index contributed by atoms with van der Waals surface area (Å²) in [6, 6.07) is 7.90. The molecule has 0 radical (unpaired) electrons. The van der Waals surface area contributed by atoms with Crippen LogP contribution in [-0.4, -0.2) is 32.1 Å². The number of amides is 1. The first-order valence-electron chi connectivity index (χ1n) is 7.16. The molecule has 0 bridgehead atoms. The molecule has 4 heteroatoms. The number of ether oxygens (including phenoxy) is 1. The van der Waals surface area contributed by atoms with Crippen LogP contribution in [0.3, 0.4) is 0 Å². The molecule has 1 fully saturated rings. The zero-order valence-electron chi connectivity index (χ0n) is 12.5. The van der Waals surface area contributed by atoms with Gasteiger partial charge in [-0.2, -0.15) is 0 Å². The number of hydrogen-bond donors (Lipinski definition) is 2. The molecule has 0 unspecified atom stereocenters. The Bertz CT molecular complexity index is 462. The van der Waals surface area contributed by atoms with Gasteiger partial charge in [0, 0.05) is 25.6 Å². The zero-order chi connectivity index (χ0) is 14.6. The van der Waals surface area contributed by atoms with Gasteiger partial charge < -0.3 is 15.4 Å². The first kappa shape index (κ1) is 14.9. The fraction of sp³-hybridized carbons (Fsp3) is 0.562. The lowest BCUT2D eigenvalue weighted by molar-refractivity contribution is -0.123. The average molecular weight is 276 g/mol. The quantitative estimate of drug-likeness (QED) is 0.860. The molecule has 0 atom stereocenters. The van der Waals surface area contributed by atoms with Gasteiger partial charge in [0.15, 0.2) is 6.61 Å². The predicted octanol–water partition coefficient (Wildman–Crippen LogP) is 1.70. The topological polar surface area (TPSA) is 50.4 Å². The van der Waals surface area contributed by atoms with E-state index in [2.05, 4.69) is 31.4 Å². The molecular weight excluding hydrogens is 252 g/mol. The Morgan fingerprint density at radius 2 is 2.05 bits per heavy atom. The van der Waals surface area contributed by atoms with E-state index in [-0.39, 0.29) is 17.9 Å². The zero-order valence-corrected chi connectivity index (χ0v) is 12.5. The van der Waals surface area contributed by atoms with Crippen molar-refractivity contribution in [3.05, 3.63) is 29.8 Å². The summed E-state index contributed by atoms with van der Waals surface area (Å²) in [5, 5.41) is 6.09. The van der Waals surface area contributed by atoms with Crippen LogP contribution in [0.2, 0.25) is 0 Å². The number of carbonyl (C=O) groups is 1. The van der Waals surface area contributed by atoms with Gasteiger partial charge in [0.25, 0.3) is 5.91 Å². The molecule has 0 saturated carbocycles. The Labute approximate surface area is 120 Å². The second-order valence-corrected chi connectivity index (χ2v) is 6.36. The van der Waals surface area contributed by atoms with Crippen molar-refractivity contribution in [2.45, 2.75) is 26.2 Å². The normalized spacial score (nSPS) is 15.6. The van der Waals surface area contributed by atoms with Crippen molar-refractivity contribution in [1.29, 1.82) is 0 Å². The Morgan fingerprint density at radius 1 is 1.35 bits per heavy atom. The summed E-state index contributed by atoms with van der Waals surface area (Å²) in [5.41, 5.74) is 1.13. The third-order valence-electron chi connectivity index (χ3n) is 3.51.